The number of hydrogen-bond donors (Lipinski definition) is 1. The fourth-order valence-electron chi connectivity index (χ4n) is 2.94. The highest BCUT2D eigenvalue weighted by atomic mass is 16.5. The maximum absolute atomic E-state index is 6.18. The number of aryl methyl sites for hydroxylation is 1. The van der Waals surface area contributed by atoms with E-state index >= 15 is 0 Å². The van der Waals surface area contributed by atoms with E-state index in [4.69, 9.17) is 4.74 Å². The van der Waals surface area contributed by atoms with Crippen LogP contribution in [0.2, 0.25) is 0 Å². The Balaban J connectivity index is 1.82. The minimum Gasteiger partial charge on any atom is -0.490 e. The molecule has 0 radical (unpaired) electrons. The van der Waals surface area contributed by atoms with E-state index in [-0.39, 0.29) is 6.10 Å². The zero-order valence-corrected chi connectivity index (χ0v) is 12.1. The van der Waals surface area contributed by atoms with Crippen molar-refractivity contribution in [3.8, 4) is 5.75 Å². The summed E-state index contributed by atoms with van der Waals surface area (Å²) in [7, 11) is 2.03. The average Bonchev–Trinajstić information content (AvgIpc) is 2.48. The van der Waals surface area contributed by atoms with E-state index in [1.807, 2.05) is 7.05 Å². The van der Waals surface area contributed by atoms with Crippen LogP contribution in [0, 0.1) is 6.92 Å². The zero-order chi connectivity index (χ0) is 13.9. The van der Waals surface area contributed by atoms with E-state index in [2.05, 4.69) is 60.8 Å². The molecule has 0 bridgehead atoms. The Morgan fingerprint density at radius 3 is 2.70 bits per heavy atom. The van der Waals surface area contributed by atoms with Gasteiger partial charge in [0, 0.05) is 24.4 Å². The molecule has 2 aromatic carbocycles. The first-order valence-electron chi connectivity index (χ1n) is 7.24. The molecular formula is C18H21NO. The first kappa shape index (κ1) is 13.2. The van der Waals surface area contributed by atoms with E-state index in [1.54, 1.807) is 0 Å². The molecule has 2 nitrogen and oxygen atoms in total. The lowest BCUT2D eigenvalue weighted by molar-refractivity contribution is 0.152. The van der Waals surface area contributed by atoms with Gasteiger partial charge in [0.15, 0.2) is 0 Å². The first-order chi connectivity index (χ1) is 9.76. The molecule has 0 amide bonds. The molecule has 0 aliphatic carbocycles. The highest BCUT2D eigenvalue weighted by Crippen LogP contribution is 2.36. The molecule has 1 heterocycles. The van der Waals surface area contributed by atoms with Crippen LogP contribution < -0.4 is 10.1 Å². The predicted molar refractivity (Wildman–Crippen MR) is 82.2 cm³/mol. The van der Waals surface area contributed by atoms with Gasteiger partial charge in [0.1, 0.15) is 11.9 Å². The van der Waals surface area contributed by atoms with Crippen molar-refractivity contribution in [3.63, 3.8) is 0 Å². The number of benzene rings is 2. The summed E-state index contributed by atoms with van der Waals surface area (Å²) in [4.78, 5) is 0. The van der Waals surface area contributed by atoms with Crippen LogP contribution in [-0.4, -0.2) is 13.2 Å². The molecule has 104 valence electrons. The van der Waals surface area contributed by atoms with Crippen molar-refractivity contribution in [3.05, 3.63) is 65.2 Å². The number of rotatable bonds is 3. The van der Waals surface area contributed by atoms with E-state index in [1.165, 1.54) is 16.7 Å². The lowest BCUT2D eigenvalue weighted by Gasteiger charge is -2.32. The Hall–Kier alpha value is -1.80. The molecule has 2 unspecified atom stereocenters. The van der Waals surface area contributed by atoms with E-state index in [9.17, 15) is 0 Å². The second-order valence-corrected chi connectivity index (χ2v) is 5.55. The number of nitrogens with one attached hydrogen (secondary N) is 1. The molecule has 2 heteroatoms. The summed E-state index contributed by atoms with van der Waals surface area (Å²) in [6.07, 6.45) is 2.22. The Labute approximate surface area is 120 Å². The SMILES string of the molecule is CNC1CC(Cc2ccccc2)Oc2ccc(C)cc21. The Morgan fingerprint density at radius 1 is 1.15 bits per heavy atom. The van der Waals surface area contributed by atoms with Crippen LogP contribution in [0.15, 0.2) is 48.5 Å². The minimum atomic E-state index is 0.241. The molecule has 0 fully saturated rings. The summed E-state index contributed by atoms with van der Waals surface area (Å²) in [5.74, 6) is 1.03. The third-order valence-corrected chi connectivity index (χ3v) is 3.99. The third kappa shape index (κ3) is 2.70. The molecule has 0 aromatic heterocycles. The molecule has 3 rings (SSSR count). The van der Waals surface area contributed by atoms with Crippen molar-refractivity contribution < 1.29 is 4.74 Å². The minimum absolute atomic E-state index is 0.241. The fraction of sp³-hybridized carbons (Fsp3) is 0.333. The highest BCUT2D eigenvalue weighted by Gasteiger charge is 2.27. The predicted octanol–water partition coefficient (Wildman–Crippen LogP) is 3.65. The lowest BCUT2D eigenvalue weighted by atomic mass is 9.92. The normalized spacial score (nSPS) is 21.1. The Morgan fingerprint density at radius 2 is 1.95 bits per heavy atom. The fourth-order valence-corrected chi connectivity index (χ4v) is 2.94. The van der Waals surface area contributed by atoms with Crippen molar-refractivity contribution in [2.75, 3.05) is 7.05 Å². The molecule has 1 N–H and O–H groups in total. The second kappa shape index (κ2) is 5.68. The molecule has 1 aliphatic heterocycles. The van der Waals surface area contributed by atoms with E-state index in [0.717, 1.165) is 18.6 Å². The van der Waals surface area contributed by atoms with Gasteiger partial charge >= 0.3 is 0 Å². The molecule has 1 aliphatic rings. The summed E-state index contributed by atoms with van der Waals surface area (Å²) in [6, 6.07) is 17.4. The molecule has 0 saturated heterocycles. The average molecular weight is 267 g/mol. The Bertz CT molecular complexity index is 579. The summed E-state index contributed by atoms with van der Waals surface area (Å²) >= 11 is 0. The molecule has 2 atom stereocenters. The summed E-state index contributed by atoms with van der Waals surface area (Å²) < 4.78 is 6.18. The van der Waals surface area contributed by atoms with Gasteiger partial charge in [0.05, 0.1) is 0 Å². The van der Waals surface area contributed by atoms with Gasteiger partial charge in [-0.1, -0.05) is 48.0 Å². The number of hydrogen-bond acceptors (Lipinski definition) is 2. The maximum Gasteiger partial charge on any atom is 0.124 e. The van der Waals surface area contributed by atoms with Crippen LogP contribution >= 0.6 is 0 Å². The summed E-state index contributed by atoms with van der Waals surface area (Å²) in [5, 5.41) is 3.42. The maximum atomic E-state index is 6.18. The van der Waals surface area contributed by atoms with Crippen LogP contribution in [0.1, 0.15) is 29.2 Å². The topological polar surface area (TPSA) is 21.3 Å². The Kier molecular flexibility index (Phi) is 3.75. The van der Waals surface area contributed by atoms with Crippen LogP contribution in [0.25, 0.3) is 0 Å². The first-order valence-corrected chi connectivity index (χ1v) is 7.24. The summed E-state index contributed by atoms with van der Waals surface area (Å²) in [5.41, 5.74) is 3.91. The largest absolute Gasteiger partial charge is 0.490 e. The van der Waals surface area contributed by atoms with Crippen LogP contribution in [0.3, 0.4) is 0 Å². The molecular weight excluding hydrogens is 246 g/mol. The van der Waals surface area contributed by atoms with Crippen LogP contribution in [-0.2, 0) is 6.42 Å². The van der Waals surface area contributed by atoms with Gasteiger partial charge in [-0.3, -0.25) is 0 Å². The van der Waals surface area contributed by atoms with Crippen molar-refractivity contribution >= 4 is 0 Å². The molecule has 20 heavy (non-hydrogen) atoms. The highest BCUT2D eigenvalue weighted by molar-refractivity contribution is 5.41. The van der Waals surface area contributed by atoms with Gasteiger partial charge in [-0.15, -0.1) is 0 Å². The quantitative estimate of drug-likeness (QED) is 0.916. The van der Waals surface area contributed by atoms with Gasteiger partial charge in [-0.05, 0) is 25.6 Å². The standard InChI is InChI=1S/C18H21NO/c1-13-8-9-18-16(10-13)17(19-2)12-15(20-18)11-14-6-4-3-5-7-14/h3-10,15,17,19H,11-12H2,1-2H3. The smallest absolute Gasteiger partial charge is 0.124 e. The van der Waals surface area contributed by atoms with Gasteiger partial charge in [0.2, 0.25) is 0 Å². The van der Waals surface area contributed by atoms with Crippen molar-refractivity contribution in [1.29, 1.82) is 0 Å². The second-order valence-electron chi connectivity index (χ2n) is 5.55. The monoisotopic (exact) mass is 267 g/mol. The van der Waals surface area contributed by atoms with Gasteiger partial charge in [-0.2, -0.15) is 0 Å². The van der Waals surface area contributed by atoms with Gasteiger partial charge < -0.3 is 10.1 Å². The van der Waals surface area contributed by atoms with Crippen molar-refractivity contribution in [2.45, 2.75) is 31.9 Å². The van der Waals surface area contributed by atoms with Crippen LogP contribution in [0.5, 0.6) is 5.75 Å². The summed E-state index contributed by atoms with van der Waals surface area (Å²) in [6.45, 7) is 2.13. The van der Waals surface area contributed by atoms with E-state index in [0.29, 0.717) is 6.04 Å². The van der Waals surface area contributed by atoms with Crippen molar-refractivity contribution in [1.82, 2.24) is 5.32 Å². The molecule has 0 saturated carbocycles. The number of fused-ring (bicyclic) bond motifs is 1. The van der Waals surface area contributed by atoms with E-state index < -0.39 is 0 Å². The number of ether oxygens (including phenoxy) is 1. The third-order valence-electron chi connectivity index (χ3n) is 3.99. The molecule has 2 aromatic rings. The van der Waals surface area contributed by atoms with Gasteiger partial charge in [0.25, 0.3) is 0 Å². The van der Waals surface area contributed by atoms with Crippen LogP contribution in [0.4, 0.5) is 0 Å². The lowest BCUT2D eigenvalue weighted by Crippen LogP contribution is -2.32. The molecule has 0 spiro atoms. The van der Waals surface area contributed by atoms with Crippen molar-refractivity contribution in [2.24, 2.45) is 0 Å². The van der Waals surface area contributed by atoms with Gasteiger partial charge in [-0.25, -0.2) is 0 Å². The zero-order valence-electron chi connectivity index (χ0n) is 12.1.